The molecule has 1 unspecified atom stereocenters. The topological polar surface area (TPSA) is 212 Å². The second-order valence-electron chi connectivity index (χ2n) is 12.0. The van der Waals surface area contributed by atoms with Gasteiger partial charge in [-0.05, 0) is 67.3 Å². The lowest BCUT2D eigenvalue weighted by Crippen LogP contribution is -2.57. The maximum atomic E-state index is 14.0. The third-order valence-electron chi connectivity index (χ3n) is 8.17. The maximum absolute atomic E-state index is 14.0. The first-order valence-corrected chi connectivity index (χ1v) is 17.2. The van der Waals surface area contributed by atoms with E-state index < -0.39 is 52.3 Å². The fourth-order valence-corrected chi connectivity index (χ4v) is 7.03. The summed E-state index contributed by atoms with van der Waals surface area (Å²) >= 11 is 0. The minimum Gasteiger partial charge on any atom is -0.481 e. The van der Waals surface area contributed by atoms with Gasteiger partial charge in [-0.1, -0.05) is 37.3 Å². The standard InChI is InChI=1S/C30H42N6O6S.C2H4O2/c1-3-42-29(39)26-15-20(2)12-14-36(26)28(38)25(17-27(37)33-18-21-7-6-13-35(19-21)30(31)32)34-43(40,41)24-11-10-22-8-4-5-9-23(22)16-24;1-2(3)4/h4-5,8-11,16,20-21,25-26,34H,3,6-7,12-15,17-19H2,1-2H3,(H3,31,32)(H,33,37);1H3,(H,3,4)/t20-,21+,25+,26?;/m1./s1. The quantitative estimate of drug-likeness (QED) is 0.140. The molecule has 15 heteroatoms. The van der Waals surface area contributed by atoms with Gasteiger partial charge in [-0.3, -0.25) is 19.8 Å². The number of likely N-dealkylation sites (tertiary alicyclic amines) is 2. The molecule has 0 saturated carbocycles. The highest BCUT2D eigenvalue weighted by Gasteiger charge is 2.40. The number of hydrogen-bond donors (Lipinski definition) is 5. The van der Waals surface area contributed by atoms with Gasteiger partial charge < -0.3 is 30.7 Å². The molecule has 6 N–H and O–H groups in total. The van der Waals surface area contributed by atoms with Crippen LogP contribution >= 0.6 is 0 Å². The molecule has 0 radical (unpaired) electrons. The van der Waals surface area contributed by atoms with E-state index >= 15 is 0 Å². The van der Waals surface area contributed by atoms with Crippen LogP contribution in [0.25, 0.3) is 10.8 Å². The number of sulfonamides is 1. The molecular weight excluding hydrogens is 628 g/mol. The van der Waals surface area contributed by atoms with E-state index in [2.05, 4.69) is 10.0 Å². The second-order valence-corrected chi connectivity index (χ2v) is 13.7. The summed E-state index contributed by atoms with van der Waals surface area (Å²) < 4.78 is 34.9. The van der Waals surface area contributed by atoms with E-state index in [4.69, 9.17) is 25.8 Å². The van der Waals surface area contributed by atoms with E-state index in [0.717, 1.165) is 25.2 Å². The minimum absolute atomic E-state index is 0.0169. The van der Waals surface area contributed by atoms with Gasteiger partial charge in [-0.25, -0.2) is 13.2 Å². The summed E-state index contributed by atoms with van der Waals surface area (Å²) in [5, 5.41) is 19.5. The number of benzene rings is 2. The lowest BCUT2D eigenvalue weighted by Gasteiger charge is -2.38. The van der Waals surface area contributed by atoms with Crippen molar-refractivity contribution >= 4 is 50.5 Å². The Labute approximate surface area is 275 Å². The molecule has 2 aliphatic heterocycles. The lowest BCUT2D eigenvalue weighted by molar-refractivity contribution is -0.158. The summed E-state index contributed by atoms with van der Waals surface area (Å²) in [4.78, 5) is 52.0. The first kappa shape index (κ1) is 37.2. The summed E-state index contributed by atoms with van der Waals surface area (Å²) in [5.74, 6) is -2.32. The number of nitrogens with two attached hydrogens (primary N) is 1. The molecule has 2 heterocycles. The number of carbonyl (C=O) groups excluding carboxylic acids is 3. The number of ether oxygens (including phenoxy) is 1. The zero-order chi connectivity index (χ0) is 34.7. The predicted octanol–water partition coefficient (Wildman–Crippen LogP) is 1.88. The molecule has 0 spiro atoms. The number of nitrogens with zero attached hydrogens (tertiary/aromatic N) is 2. The van der Waals surface area contributed by atoms with Crippen LogP contribution in [0.2, 0.25) is 0 Å². The lowest BCUT2D eigenvalue weighted by atomic mass is 9.91. The molecule has 258 valence electrons. The molecule has 2 fully saturated rings. The summed E-state index contributed by atoms with van der Waals surface area (Å²) in [6.45, 7) is 6.65. The average molecular weight is 675 g/mol. The van der Waals surface area contributed by atoms with E-state index in [9.17, 15) is 22.8 Å². The largest absolute Gasteiger partial charge is 0.481 e. The van der Waals surface area contributed by atoms with Gasteiger partial charge in [0, 0.05) is 33.1 Å². The summed E-state index contributed by atoms with van der Waals surface area (Å²) in [7, 11) is -4.23. The summed E-state index contributed by atoms with van der Waals surface area (Å²) in [6.07, 6.45) is 2.24. The van der Waals surface area contributed by atoms with E-state index in [0.29, 0.717) is 37.9 Å². The fourth-order valence-electron chi connectivity index (χ4n) is 5.80. The Morgan fingerprint density at radius 2 is 1.79 bits per heavy atom. The van der Waals surface area contributed by atoms with Gasteiger partial charge in [-0.15, -0.1) is 0 Å². The fraction of sp³-hybridized carbons (Fsp3) is 0.531. The van der Waals surface area contributed by atoms with Crippen molar-refractivity contribution in [2.45, 2.75) is 69.9 Å². The molecule has 0 aromatic heterocycles. The van der Waals surface area contributed by atoms with Crippen LogP contribution in [0.15, 0.2) is 47.4 Å². The Morgan fingerprint density at radius 3 is 2.45 bits per heavy atom. The highest BCUT2D eigenvalue weighted by Crippen LogP contribution is 2.26. The number of amides is 2. The Balaban J connectivity index is 0.00000142. The van der Waals surface area contributed by atoms with Crippen molar-refractivity contribution in [2.75, 3.05) is 32.8 Å². The van der Waals surface area contributed by atoms with Gasteiger partial charge in [0.1, 0.15) is 12.1 Å². The smallest absolute Gasteiger partial charge is 0.328 e. The molecule has 2 aliphatic rings. The van der Waals surface area contributed by atoms with Crippen molar-refractivity contribution in [3.05, 3.63) is 42.5 Å². The number of aliphatic carboxylic acids is 1. The zero-order valence-electron chi connectivity index (χ0n) is 27.1. The first-order valence-electron chi connectivity index (χ1n) is 15.7. The number of piperidine rings is 2. The average Bonchev–Trinajstić information content (AvgIpc) is 3.02. The second kappa shape index (κ2) is 17.1. The number of nitrogens with one attached hydrogen (secondary N) is 3. The molecule has 2 aromatic rings. The molecule has 14 nitrogen and oxygen atoms in total. The van der Waals surface area contributed by atoms with E-state index in [1.807, 2.05) is 19.1 Å². The molecule has 2 aromatic carbocycles. The van der Waals surface area contributed by atoms with Crippen LogP contribution in [0.3, 0.4) is 0 Å². The van der Waals surface area contributed by atoms with E-state index in [1.54, 1.807) is 30.0 Å². The van der Waals surface area contributed by atoms with E-state index in [1.165, 1.54) is 17.0 Å². The number of hydrogen-bond acceptors (Lipinski definition) is 8. The molecule has 2 saturated heterocycles. The van der Waals surface area contributed by atoms with Gasteiger partial charge in [0.2, 0.25) is 21.8 Å². The van der Waals surface area contributed by atoms with Crippen molar-refractivity contribution < 1.29 is 37.4 Å². The molecule has 4 atom stereocenters. The van der Waals surface area contributed by atoms with Gasteiger partial charge in [-0.2, -0.15) is 4.72 Å². The van der Waals surface area contributed by atoms with Gasteiger partial charge >= 0.3 is 5.97 Å². The number of carbonyl (C=O) groups is 4. The molecule has 0 aliphatic carbocycles. The van der Waals surface area contributed by atoms with Crippen LogP contribution in [0.1, 0.15) is 52.9 Å². The molecule has 4 rings (SSSR count). The van der Waals surface area contributed by atoms with Crippen LogP contribution in [-0.4, -0.2) is 97.9 Å². The maximum Gasteiger partial charge on any atom is 0.328 e. The Bertz CT molecular complexity index is 1550. The monoisotopic (exact) mass is 674 g/mol. The van der Waals surface area contributed by atoms with Crippen LogP contribution in [0.5, 0.6) is 0 Å². The van der Waals surface area contributed by atoms with Gasteiger partial charge in [0.25, 0.3) is 5.97 Å². The molecular formula is C32H46N6O8S. The van der Waals surface area contributed by atoms with Crippen molar-refractivity contribution in [3.63, 3.8) is 0 Å². The molecule has 0 bridgehead atoms. The minimum atomic E-state index is -4.23. The van der Waals surface area contributed by atoms with E-state index in [-0.39, 0.29) is 35.8 Å². The van der Waals surface area contributed by atoms with Crippen molar-refractivity contribution in [3.8, 4) is 0 Å². The number of carboxylic acid groups (broad SMARTS) is 1. The summed E-state index contributed by atoms with van der Waals surface area (Å²) in [5.41, 5.74) is 5.63. The number of esters is 1. The van der Waals surface area contributed by atoms with Crippen molar-refractivity contribution in [1.29, 1.82) is 5.41 Å². The first-order chi connectivity index (χ1) is 22.2. The molecule has 2 amide bonds. The third-order valence-corrected chi connectivity index (χ3v) is 9.64. The Morgan fingerprint density at radius 1 is 1.11 bits per heavy atom. The van der Waals surface area contributed by atoms with Crippen LogP contribution in [0, 0.1) is 17.2 Å². The SMILES string of the molecule is CC(=O)O.CCOC(=O)C1C[C@H](C)CCN1C(=O)[C@H](CC(=O)NC[C@@H]1CCCN(C(=N)N)C1)NS(=O)(=O)c1ccc2ccccc2c1. The Hall–Kier alpha value is -4.24. The highest BCUT2D eigenvalue weighted by molar-refractivity contribution is 7.89. The van der Waals surface area contributed by atoms with Crippen molar-refractivity contribution in [2.24, 2.45) is 17.6 Å². The number of guanidine groups is 1. The van der Waals surface area contributed by atoms with Gasteiger partial charge in [0.15, 0.2) is 5.96 Å². The molecule has 47 heavy (non-hydrogen) atoms. The Kier molecular flexibility index (Phi) is 13.5. The number of carboxylic acids is 1. The zero-order valence-corrected chi connectivity index (χ0v) is 27.9. The van der Waals surface area contributed by atoms with Crippen LogP contribution < -0.4 is 15.8 Å². The van der Waals surface area contributed by atoms with Crippen LogP contribution in [0.4, 0.5) is 0 Å². The van der Waals surface area contributed by atoms with Gasteiger partial charge in [0.05, 0.1) is 17.9 Å². The number of rotatable bonds is 10. The number of fused-ring (bicyclic) bond motifs is 1. The highest BCUT2D eigenvalue weighted by atomic mass is 32.2. The summed E-state index contributed by atoms with van der Waals surface area (Å²) in [6, 6.07) is 9.67. The third kappa shape index (κ3) is 10.9. The predicted molar refractivity (Wildman–Crippen MR) is 176 cm³/mol. The van der Waals surface area contributed by atoms with Crippen LogP contribution in [-0.2, 0) is 33.9 Å². The normalized spacial score (nSPS) is 20.4. The van der Waals surface area contributed by atoms with Crippen molar-refractivity contribution in [1.82, 2.24) is 19.8 Å².